The van der Waals surface area contributed by atoms with E-state index in [-0.39, 0.29) is 11.7 Å². The third-order valence-corrected chi connectivity index (χ3v) is 3.81. The van der Waals surface area contributed by atoms with Crippen molar-refractivity contribution in [2.75, 3.05) is 0 Å². The Kier molecular flexibility index (Phi) is 3.34. The standard InChI is InChI=1S/C16H12N6O2/c23-22(24)13-8-6-11(7-9-13)10-21-16(18-19-20-21)15-14(17-15)12-4-2-1-3-5-12/h1-9,15H,10H2/t15-/m0/s1. The fraction of sp³-hybridized carbons (Fsp3) is 0.125. The van der Waals surface area contributed by atoms with Crippen LogP contribution in [0.2, 0.25) is 0 Å². The Morgan fingerprint density at radius 1 is 1.08 bits per heavy atom. The first-order valence-electron chi connectivity index (χ1n) is 7.35. The maximum absolute atomic E-state index is 10.7. The van der Waals surface area contributed by atoms with Crippen molar-refractivity contribution in [3.63, 3.8) is 0 Å². The molecule has 0 amide bonds. The van der Waals surface area contributed by atoms with E-state index in [1.54, 1.807) is 16.8 Å². The lowest BCUT2D eigenvalue weighted by Crippen LogP contribution is -2.09. The molecule has 0 N–H and O–H groups in total. The number of hydrogen-bond acceptors (Lipinski definition) is 6. The Bertz CT molecular complexity index is 917. The van der Waals surface area contributed by atoms with E-state index in [4.69, 9.17) is 0 Å². The van der Waals surface area contributed by atoms with Gasteiger partial charge in [-0.05, 0) is 21.6 Å². The molecule has 2 aromatic carbocycles. The zero-order chi connectivity index (χ0) is 16.5. The van der Waals surface area contributed by atoms with Crippen LogP contribution in [-0.4, -0.2) is 30.8 Å². The predicted molar refractivity (Wildman–Crippen MR) is 85.7 cm³/mol. The molecule has 0 unspecified atom stereocenters. The first kappa shape index (κ1) is 14.2. The van der Waals surface area contributed by atoms with Gasteiger partial charge in [-0.1, -0.05) is 42.5 Å². The molecular weight excluding hydrogens is 308 g/mol. The minimum atomic E-state index is -0.420. The van der Waals surface area contributed by atoms with Gasteiger partial charge in [0.1, 0.15) is 0 Å². The molecule has 0 radical (unpaired) electrons. The first-order chi connectivity index (χ1) is 11.7. The van der Waals surface area contributed by atoms with E-state index in [0.717, 1.165) is 16.8 Å². The molecule has 8 heteroatoms. The SMILES string of the molecule is O=[N+]([O-])c1ccc(Cn2nnnc2[C@H]2N=C2c2ccccc2)cc1. The second kappa shape index (κ2) is 5.65. The van der Waals surface area contributed by atoms with Crippen molar-refractivity contribution in [3.05, 3.63) is 81.7 Å². The van der Waals surface area contributed by atoms with Crippen LogP contribution in [0.3, 0.4) is 0 Å². The van der Waals surface area contributed by atoms with Gasteiger partial charge in [-0.3, -0.25) is 15.1 Å². The van der Waals surface area contributed by atoms with E-state index < -0.39 is 4.92 Å². The van der Waals surface area contributed by atoms with Crippen LogP contribution in [0.1, 0.15) is 23.0 Å². The van der Waals surface area contributed by atoms with Gasteiger partial charge in [0.05, 0.1) is 17.2 Å². The van der Waals surface area contributed by atoms with Crippen molar-refractivity contribution in [3.8, 4) is 0 Å². The molecule has 1 aliphatic rings. The summed E-state index contributed by atoms with van der Waals surface area (Å²) in [6.45, 7) is 0.439. The molecule has 24 heavy (non-hydrogen) atoms. The Labute approximate surface area is 136 Å². The Morgan fingerprint density at radius 3 is 2.54 bits per heavy atom. The fourth-order valence-corrected chi connectivity index (χ4v) is 2.54. The van der Waals surface area contributed by atoms with Crippen molar-refractivity contribution < 1.29 is 4.92 Å². The summed E-state index contributed by atoms with van der Waals surface area (Å²) >= 11 is 0. The smallest absolute Gasteiger partial charge is 0.268 e. The number of aliphatic imine (C=N–C) groups is 1. The van der Waals surface area contributed by atoms with E-state index in [1.807, 2.05) is 30.3 Å². The molecule has 8 nitrogen and oxygen atoms in total. The van der Waals surface area contributed by atoms with Gasteiger partial charge in [-0.25, -0.2) is 4.68 Å². The highest BCUT2D eigenvalue weighted by Crippen LogP contribution is 2.33. The topological polar surface area (TPSA) is 99.1 Å². The molecule has 0 spiro atoms. The summed E-state index contributed by atoms with van der Waals surface area (Å²) in [5.74, 6) is 0.673. The lowest BCUT2D eigenvalue weighted by Gasteiger charge is -2.04. The monoisotopic (exact) mass is 320 g/mol. The van der Waals surface area contributed by atoms with E-state index >= 15 is 0 Å². The van der Waals surface area contributed by atoms with Crippen LogP contribution >= 0.6 is 0 Å². The van der Waals surface area contributed by atoms with Crippen LogP contribution in [0.5, 0.6) is 0 Å². The first-order valence-corrected chi connectivity index (χ1v) is 7.35. The molecular formula is C16H12N6O2. The zero-order valence-corrected chi connectivity index (χ0v) is 12.5. The molecule has 3 aromatic rings. The summed E-state index contributed by atoms with van der Waals surface area (Å²) in [6.07, 6.45) is 0. The van der Waals surface area contributed by atoms with Gasteiger partial charge < -0.3 is 0 Å². The van der Waals surface area contributed by atoms with Gasteiger partial charge in [-0.15, -0.1) is 5.10 Å². The predicted octanol–water partition coefficient (Wildman–Crippen LogP) is 2.17. The van der Waals surface area contributed by atoms with Crippen LogP contribution in [0.4, 0.5) is 5.69 Å². The van der Waals surface area contributed by atoms with Crippen LogP contribution in [0, 0.1) is 10.1 Å². The number of tetrazole rings is 1. The number of benzene rings is 2. The molecule has 118 valence electrons. The molecule has 1 aliphatic heterocycles. The molecule has 1 atom stereocenters. The molecule has 0 saturated carbocycles. The van der Waals surface area contributed by atoms with Gasteiger partial charge in [0, 0.05) is 12.1 Å². The van der Waals surface area contributed by atoms with E-state index in [2.05, 4.69) is 20.5 Å². The van der Waals surface area contributed by atoms with Crippen molar-refractivity contribution in [2.24, 2.45) is 4.99 Å². The van der Waals surface area contributed by atoms with Crippen LogP contribution in [0.15, 0.2) is 59.6 Å². The number of aromatic nitrogens is 4. The van der Waals surface area contributed by atoms with Crippen molar-refractivity contribution in [1.29, 1.82) is 0 Å². The van der Waals surface area contributed by atoms with E-state index in [1.165, 1.54) is 12.1 Å². The largest absolute Gasteiger partial charge is 0.269 e. The zero-order valence-electron chi connectivity index (χ0n) is 12.5. The number of non-ortho nitro benzene ring substituents is 1. The number of nitro benzene ring substituents is 1. The molecule has 4 rings (SSSR count). The maximum atomic E-state index is 10.7. The molecule has 2 heterocycles. The Morgan fingerprint density at radius 2 is 1.83 bits per heavy atom. The Hall–Kier alpha value is -3.42. The average Bonchev–Trinajstić information content (AvgIpc) is 3.28. The molecule has 0 aliphatic carbocycles. The maximum Gasteiger partial charge on any atom is 0.269 e. The number of rotatable bonds is 5. The third-order valence-electron chi connectivity index (χ3n) is 3.81. The highest BCUT2D eigenvalue weighted by atomic mass is 16.6. The van der Waals surface area contributed by atoms with E-state index in [9.17, 15) is 10.1 Å². The molecule has 0 bridgehead atoms. The number of hydrogen-bond donors (Lipinski definition) is 0. The molecule has 1 aromatic heterocycles. The number of nitrogens with zero attached hydrogens (tertiary/aromatic N) is 6. The fourth-order valence-electron chi connectivity index (χ4n) is 2.54. The minimum absolute atomic E-state index is 0.0626. The van der Waals surface area contributed by atoms with Gasteiger partial charge in [0.15, 0.2) is 11.9 Å². The highest BCUT2D eigenvalue weighted by molar-refractivity contribution is 6.13. The van der Waals surface area contributed by atoms with Crippen molar-refractivity contribution in [1.82, 2.24) is 20.2 Å². The number of nitro groups is 1. The summed E-state index contributed by atoms with van der Waals surface area (Å²) in [5.41, 5.74) is 2.98. The minimum Gasteiger partial charge on any atom is -0.268 e. The van der Waals surface area contributed by atoms with Gasteiger partial charge >= 0.3 is 0 Å². The summed E-state index contributed by atoms with van der Waals surface area (Å²) < 4.78 is 1.67. The lowest BCUT2D eigenvalue weighted by atomic mass is 10.1. The normalized spacial score (nSPS) is 15.8. The summed E-state index contributed by atoms with van der Waals surface area (Å²) in [7, 11) is 0. The van der Waals surface area contributed by atoms with Crippen LogP contribution < -0.4 is 0 Å². The Balaban J connectivity index is 1.51. The van der Waals surface area contributed by atoms with E-state index in [0.29, 0.717) is 12.4 Å². The summed E-state index contributed by atoms with van der Waals surface area (Å²) in [6, 6.07) is 16.1. The van der Waals surface area contributed by atoms with Gasteiger partial charge in [0.25, 0.3) is 5.69 Å². The average molecular weight is 320 g/mol. The second-order valence-electron chi connectivity index (χ2n) is 5.40. The summed E-state index contributed by atoms with van der Waals surface area (Å²) in [4.78, 5) is 14.8. The lowest BCUT2D eigenvalue weighted by molar-refractivity contribution is -0.384. The van der Waals surface area contributed by atoms with Crippen LogP contribution in [-0.2, 0) is 6.54 Å². The highest BCUT2D eigenvalue weighted by Gasteiger charge is 2.35. The van der Waals surface area contributed by atoms with Crippen molar-refractivity contribution >= 4 is 11.4 Å². The summed E-state index contributed by atoms with van der Waals surface area (Å²) in [5, 5.41) is 22.5. The third kappa shape index (κ3) is 2.65. The van der Waals surface area contributed by atoms with Gasteiger partial charge in [0.2, 0.25) is 0 Å². The van der Waals surface area contributed by atoms with Crippen molar-refractivity contribution in [2.45, 2.75) is 12.6 Å². The van der Waals surface area contributed by atoms with Crippen LogP contribution in [0.25, 0.3) is 0 Å². The van der Waals surface area contributed by atoms with Gasteiger partial charge in [-0.2, -0.15) is 0 Å². The molecule has 0 saturated heterocycles. The quantitative estimate of drug-likeness (QED) is 0.530. The molecule has 0 fully saturated rings. The second-order valence-corrected chi connectivity index (χ2v) is 5.40.